The highest BCUT2D eigenvalue weighted by atomic mass is 127. The standard InChI is InChI=1S/C17H13F3IN3O4/c1-28-16-13(21)6-11(7-14(16)24(26)27)9-22-23-15(25)8-10-3-2-4-12(5-10)17(18,19)20/h2-7,9H,8H2,1H3,(H,23,25). The van der Waals surface area contributed by atoms with Crippen LogP contribution in [0.5, 0.6) is 5.75 Å². The number of carbonyl (C=O) groups is 1. The van der Waals surface area contributed by atoms with Crippen LogP contribution in [0.2, 0.25) is 0 Å². The van der Waals surface area contributed by atoms with Crippen LogP contribution in [0.4, 0.5) is 18.9 Å². The number of hydrogen-bond acceptors (Lipinski definition) is 5. The minimum Gasteiger partial charge on any atom is -0.489 e. The number of rotatable bonds is 6. The molecule has 2 aromatic rings. The van der Waals surface area contributed by atoms with Crippen molar-refractivity contribution in [3.05, 3.63) is 66.8 Å². The van der Waals surface area contributed by atoms with Crippen molar-refractivity contribution >= 4 is 40.4 Å². The number of halogens is 4. The third-order valence-electron chi connectivity index (χ3n) is 3.47. The predicted octanol–water partition coefficient (Wildman–Crippen LogP) is 3.92. The van der Waals surface area contributed by atoms with E-state index in [4.69, 9.17) is 4.74 Å². The molecule has 11 heteroatoms. The van der Waals surface area contributed by atoms with Crippen molar-refractivity contribution in [2.24, 2.45) is 5.10 Å². The predicted molar refractivity (Wildman–Crippen MR) is 103 cm³/mol. The number of hydrogen-bond donors (Lipinski definition) is 1. The highest BCUT2D eigenvalue weighted by molar-refractivity contribution is 14.1. The zero-order valence-corrected chi connectivity index (χ0v) is 16.4. The quantitative estimate of drug-likeness (QED) is 0.278. The Bertz CT molecular complexity index is 932. The fraction of sp³-hybridized carbons (Fsp3) is 0.176. The summed E-state index contributed by atoms with van der Waals surface area (Å²) in [6, 6.07) is 7.20. The largest absolute Gasteiger partial charge is 0.489 e. The molecule has 0 spiro atoms. The van der Waals surface area contributed by atoms with Crippen molar-refractivity contribution in [1.82, 2.24) is 5.43 Å². The summed E-state index contributed by atoms with van der Waals surface area (Å²) in [5, 5.41) is 14.8. The van der Waals surface area contributed by atoms with E-state index < -0.39 is 22.6 Å². The molecule has 0 aromatic heterocycles. The van der Waals surface area contributed by atoms with Gasteiger partial charge in [-0.1, -0.05) is 18.2 Å². The third-order valence-corrected chi connectivity index (χ3v) is 4.27. The molecule has 0 aliphatic carbocycles. The summed E-state index contributed by atoms with van der Waals surface area (Å²) in [7, 11) is 1.31. The van der Waals surface area contributed by atoms with Crippen LogP contribution >= 0.6 is 22.6 Å². The molecule has 7 nitrogen and oxygen atoms in total. The van der Waals surface area contributed by atoms with Crippen LogP contribution in [0.15, 0.2) is 41.5 Å². The lowest BCUT2D eigenvalue weighted by Gasteiger charge is -2.08. The topological polar surface area (TPSA) is 93.8 Å². The number of carbonyl (C=O) groups excluding carboxylic acids is 1. The van der Waals surface area contributed by atoms with Gasteiger partial charge in [-0.25, -0.2) is 5.43 Å². The zero-order chi connectivity index (χ0) is 20.9. The second kappa shape index (κ2) is 8.99. The number of nitrogens with one attached hydrogen (secondary N) is 1. The van der Waals surface area contributed by atoms with Crippen LogP contribution in [0.25, 0.3) is 0 Å². The van der Waals surface area contributed by atoms with Crippen molar-refractivity contribution in [1.29, 1.82) is 0 Å². The summed E-state index contributed by atoms with van der Waals surface area (Å²) >= 11 is 1.86. The maximum Gasteiger partial charge on any atom is 0.416 e. The second-order valence-electron chi connectivity index (χ2n) is 5.48. The number of hydrazone groups is 1. The molecule has 2 aromatic carbocycles. The Labute approximate surface area is 170 Å². The van der Waals surface area contributed by atoms with E-state index in [0.717, 1.165) is 12.1 Å². The number of nitro benzene ring substituents is 1. The molecule has 0 unspecified atom stereocenters. The van der Waals surface area contributed by atoms with E-state index in [0.29, 0.717) is 9.13 Å². The van der Waals surface area contributed by atoms with Gasteiger partial charge in [-0.15, -0.1) is 0 Å². The van der Waals surface area contributed by atoms with E-state index in [1.165, 1.54) is 31.5 Å². The molecule has 0 heterocycles. The summed E-state index contributed by atoms with van der Waals surface area (Å²) in [5.74, 6) is -0.524. The lowest BCUT2D eigenvalue weighted by atomic mass is 10.1. The molecule has 0 fully saturated rings. The first-order chi connectivity index (χ1) is 13.1. The fourth-order valence-electron chi connectivity index (χ4n) is 2.27. The van der Waals surface area contributed by atoms with Crippen LogP contribution in [0.1, 0.15) is 16.7 Å². The fourth-order valence-corrected chi connectivity index (χ4v) is 3.13. The van der Waals surface area contributed by atoms with Gasteiger partial charge in [0.25, 0.3) is 0 Å². The van der Waals surface area contributed by atoms with E-state index >= 15 is 0 Å². The Kier molecular flexibility index (Phi) is 6.94. The summed E-state index contributed by atoms with van der Waals surface area (Å²) in [4.78, 5) is 22.4. The Balaban J connectivity index is 2.07. The number of methoxy groups -OCH3 is 1. The van der Waals surface area contributed by atoms with Crippen molar-refractivity contribution in [2.75, 3.05) is 7.11 Å². The first-order valence-electron chi connectivity index (χ1n) is 7.61. The molecular formula is C17H13F3IN3O4. The molecule has 0 bridgehead atoms. The van der Waals surface area contributed by atoms with Crippen LogP contribution in [0, 0.1) is 13.7 Å². The zero-order valence-electron chi connectivity index (χ0n) is 14.3. The summed E-state index contributed by atoms with van der Waals surface area (Å²) < 4.78 is 43.5. The Hall–Kier alpha value is -2.70. The number of nitro groups is 1. The average Bonchev–Trinajstić information content (AvgIpc) is 2.60. The number of nitrogens with zero attached hydrogens (tertiary/aromatic N) is 2. The van der Waals surface area contributed by atoms with Gasteiger partial charge in [-0.3, -0.25) is 14.9 Å². The molecule has 0 aliphatic rings. The van der Waals surface area contributed by atoms with E-state index in [2.05, 4.69) is 10.5 Å². The first kappa shape index (κ1) is 21.6. The highest BCUT2D eigenvalue weighted by Gasteiger charge is 2.30. The van der Waals surface area contributed by atoms with Gasteiger partial charge in [0.2, 0.25) is 11.7 Å². The molecule has 28 heavy (non-hydrogen) atoms. The van der Waals surface area contributed by atoms with E-state index in [1.54, 1.807) is 6.07 Å². The molecule has 0 aliphatic heterocycles. The Morgan fingerprint density at radius 3 is 2.68 bits per heavy atom. The number of benzene rings is 2. The molecule has 0 atom stereocenters. The van der Waals surface area contributed by atoms with E-state index in [9.17, 15) is 28.1 Å². The molecule has 2 rings (SSSR count). The van der Waals surface area contributed by atoms with Gasteiger partial charge in [0.05, 0.1) is 33.8 Å². The van der Waals surface area contributed by atoms with Crippen LogP contribution in [-0.2, 0) is 17.4 Å². The highest BCUT2D eigenvalue weighted by Crippen LogP contribution is 2.33. The Morgan fingerprint density at radius 2 is 2.07 bits per heavy atom. The normalized spacial score (nSPS) is 11.5. The second-order valence-corrected chi connectivity index (χ2v) is 6.64. The molecule has 0 saturated carbocycles. The number of amides is 1. The molecule has 0 radical (unpaired) electrons. The van der Waals surface area contributed by atoms with Crippen molar-refractivity contribution < 1.29 is 27.6 Å². The van der Waals surface area contributed by atoms with Crippen molar-refractivity contribution in [2.45, 2.75) is 12.6 Å². The number of ether oxygens (including phenoxy) is 1. The van der Waals surface area contributed by atoms with Crippen molar-refractivity contribution in [3.8, 4) is 5.75 Å². The average molecular weight is 507 g/mol. The molecule has 1 N–H and O–H groups in total. The molecular weight excluding hydrogens is 494 g/mol. The minimum atomic E-state index is -4.50. The SMILES string of the molecule is COc1c(I)cc(C=NNC(=O)Cc2cccc(C(F)(F)F)c2)cc1[N+](=O)[O-]. The van der Waals surface area contributed by atoms with Gasteiger partial charge < -0.3 is 4.74 Å². The first-order valence-corrected chi connectivity index (χ1v) is 8.69. The van der Waals surface area contributed by atoms with Crippen LogP contribution in [0.3, 0.4) is 0 Å². The number of alkyl halides is 3. The molecule has 0 saturated heterocycles. The molecule has 1 amide bonds. The van der Waals surface area contributed by atoms with E-state index in [1.807, 2.05) is 22.6 Å². The van der Waals surface area contributed by atoms with Crippen LogP contribution < -0.4 is 10.2 Å². The Morgan fingerprint density at radius 1 is 1.36 bits per heavy atom. The summed E-state index contributed by atoms with van der Waals surface area (Å²) in [6.07, 6.45) is -3.61. The maximum absolute atomic E-state index is 12.7. The lowest BCUT2D eigenvalue weighted by Crippen LogP contribution is -2.20. The monoisotopic (exact) mass is 507 g/mol. The van der Waals surface area contributed by atoms with Gasteiger partial charge in [-0.2, -0.15) is 18.3 Å². The maximum atomic E-state index is 12.7. The smallest absolute Gasteiger partial charge is 0.416 e. The van der Waals surface area contributed by atoms with Gasteiger partial charge in [0, 0.05) is 11.6 Å². The third kappa shape index (κ3) is 5.65. The molecule has 148 valence electrons. The van der Waals surface area contributed by atoms with Gasteiger partial charge in [0.1, 0.15) is 0 Å². The van der Waals surface area contributed by atoms with Crippen molar-refractivity contribution in [3.63, 3.8) is 0 Å². The summed E-state index contributed by atoms with van der Waals surface area (Å²) in [6.45, 7) is 0. The summed E-state index contributed by atoms with van der Waals surface area (Å²) in [5.41, 5.74) is 1.60. The van der Waals surface area contributed by atoms with Gasteiger partial charge >= 0.3 is 11.9 Å². The lowest BCUT2D eigenvalue weighted by molar-refractivity contribution is -0.385. The van der Waals surface area contributed by atoms with Gasteiger partial charge in [-0.05, 0) is 40.3 Å². The van der Waals surface area contributed by atoms with E-state index in [-0.39, 0.29) is 23.4 Å². The minimum absolute atomic E-state index is 0.108. The van der Waals surface area contributed by atoms with Gasteiger partial charge in [0.15, 0.2) is 0 Å². The van der Waals surface area contributed by atoms with Crippen LogP contribution in [-0.4, -0.2) is 24.2 Å².